The van der Waals surface area contributed by atoms with Crippen LogP contribution in [0.4, 0.5) is 17.5 Å². The highest BCUT2D eigenvalue weighted by Crippen LogP contribution is 2.32. The van der Waals surface area contributed by atoms with E-state index in [0.29, 0.717) is 35.3 Å². The third-order valence-electron chi connectivity index (χ3n) is 10.5. The molecule has 0 radical (unpaired) electrons. The molecule has 0 amide bonds. The smallest absolute Gasteiger partial charge is 0.241 e. The first kappa shape index (κ1) is 34.2. The molecule has 50 heavy (non-hydrogen) atoms. The molecule has 1 aliphatic heterocycles. The maximum Gasteiger partial charge on any atom is 0.241 e. The fraction of sp³-hybridized carbons (Fsp3) is 0.400. The Hall–Kier alpha value is -4.25. The van der Waals surface area contributed by atoms with Crippen molar-refractivity contribution in [1.29, 1.82) is 0 Å². The first-order valence-corrected chi connectivity index (χ1v) is 19.5. The van der Waals surface area contributed by atoms with Gasteiger partial charge in [0, 0.05) is 74.7 Å². The molecule has 2 fully saturated rings. The number of rotatable bonds is 12. The lowest BCUT2D eigenvalue weighted by atomic mass is 9.82. The van der Waals surface area contributed by atoms with Crippen molar-refractivity contribution in [3.63, 3.8) is 0 Å². The van der Waals surface area contributed by atoms with E-state index in [9.17, 15) is 8.42 Å². The van der Waals surface area contributed by atoms with Crippen LogP contribution in [0.2, 0.25) is 0 Å². The van der Waals surface area contributed by atoms with Crippen LogP contribution < -0.4 is 20.3 Å². The molecule has 0 unspecified atom stereocenters. The number of nitrogens with one attached hydrogen (secondary N) is 3. The highest BCUT2D eigenvalue weighted by Gasteiger charge is 2.25. The second-order valence-electron chi connectivity index (χ2n) is 14.2. The number of sulfonamides is 1. The van der Waals surface area contributed by atoms with Gasteiger partial charge in [-0.25, -0.2) is 18.1 Å². The number of para-hydroxylation sites is 1. The quantitative estimate of drug-likeness (QED) is 0.127. The Bertz CT molecular complexity index is 2010. The van der Waals surface area contributed by atoms with Crippen molar-refractivity contribution < 1.29 is 8.42 Å². The van der Waals surface area contributed by atoms with E-state index in [-0.39, 0.29) is 0 Å². The lowest BCUT2D eigenvalue weighted by Gasteiger charge is -2.33. The second kappa shape index (κ2) is 15.3. The number of nitrogens with zero attached hydrogens (tertiary/aromatic N) is 4. The molecule has 4 aromatic carbocycles. The molecule has 10 heteroatoms. The van der Waals surface area contributed by atoms with Crippen molar-refractivity contribution in [2.45, 2.75) is 56.0 Å². The largest absolute Gasteiger partial charge is 0.377 e. The molecule has 2 heterocycles. The fourth-order valence-electron chi connectivity index (χ4n) is 7.61. The van der Waals surface area contributed by atoms with Crippen molar-refractivity contribution in [1.82, 2.24) is 19.6 Å². The number of piperidine rings is 1. The number of benzene rings is 4. The van der Waals surface area contributed by atoms with E-state index in [4.69, 9.17) is 9.97 Å². The van der Waals surface area contributed by atoms with Crippen LogP contribution in [0.1, 0.15) is 44.1 Å². The molecule has 2 aliphatic rings. The van der Waals surface area contributed by atoms with Gasteiger partial charge < -0.3 is 15.5 Å². The van der Waals surface area contributed by atoms with Gasteiger partial charge in [-0.05, 0) is 80.2 Å². The van der Waals surface area contributed by atoms with E-state index >= 15 is 0 Å². The van der Waals surface area contributed by atoms with Gasteiger partial charge in [-0.1, -0.05) is 66.7 Å². The molecule has 1 saturated heterocycles. The summed E-state index contributed by atoms with van der Waals surface area (Å²) in [5.41, 5.74) is 3.31. The Kier molecular flexibility index (Phi) is 10.5. The van der Waals surface area contributed by atoms with Gasteiger partial charge in [-0.3, -0.25) is 4.90 Å². The number of fused-ring (bicyclic) bond motifs is 2. The van der Waals surface area contributed by atoms with Crippen LogP contribution >= 0.6 is 0 Å². The monoisotopic (exact) mass is 691 g/mol. The summed E-state index contributed by atoms with van der Waals surface area (Å²) in [7, 11) is 0.305. The maximum absolute atomic E-state index is 13.5. The molecule has 1 saturated carbocycles. The highest BCUT2D eigenvalue weighted by atomic mass is 32.2. The summed E-state index contributed by atoms with van der Waals surface area (Å²) < 4.78 is 29.9. The number of likely N-dealkylation sites (tertiary alicyclic amines) is 1. The van der Waals surface area contributed by atoms with E-state index in [0.717, 1.165) is 97.9 Å². The summed E-state index contributed by atoms with van der Waals surface area (Å²) in [6.07, 6.45) is 6.21. The van der Waals surface area contributed by atoms with Crippen molar-refractivity contribution >= 4 is 49.2 Å². The normalized spacial score (nSPS) is 19.1. The Morgan fingerprint density at radius 2 is 1.38 bits per heavy atom. The van der Waals surface area contributed by atoms with Crippen molar-refractivity contribution in [2.24, 2.45) is 11.8 Å². The van der Waals surface area contributed by atoms with Gasteiger partial charge in [-0.15, -0.1) is 0 Å². The molecule has 7 rings (SSSR count). The Morgan fingerprint density at radius 3 is 2.14 bits per heavy atom. The summed E-state index contributed by atoms with van der Waals surface area (Å²) in [5.74, 6) is 2.38. The zero-order valence-electron chi connectivity index (χ0n) is 29.2. The lowest BCUT2D eigenvalue weighted by Crippen LogP contribution is -2.38. The maximum atomic E-state index is 13.5. The molecule has 3 N–H and O–H groups in total. The van der Waals surface area contributed by atoms with Crippen molar-refractivity contribution in [3.05, 3.63) is 96.6 Å². The molecule has 0 spiro atoms. The topological polar surface area (TPSA) is 102 Å². The minimum Gasteiger partial charge on any atom is -0.377 e. The summed E-state index contributed by atoms with van der Waals surface area (Å²) in [6, 6.07) is 30.7. The van der Waals surface area contributed by atoms with Crippen LogP contribution in [0.25, 0.3) is 21.7 Å². The Morgan fingerprint density at radius 1 is 0.720 bits per heavy atom. The van der Waals surface area contributed by atoms with Crippen molar-refractivity contribution in [2.75, 3.05) is 55.8 Å². The third kappa shape index (κ3) is 8.04. The summed E-state index contributed by atoms with van der Waals surface area (Å²) >= 11 is 0. The van der Waals surface area contributed by atoms with Gasteiger partial charge >= 0.3 is 0 Å². The predicted octanol–water partition coefficient (Wildman–Crippen LogP) is 7.12. The summed E-state index contributed by atoms with van der Waals surface area (Å²) in [5, 5.41) is 10.1. The average Bonchev–Trinajstić information content (AvgIpc) is 3.14. The molecule has 1 aliphatic carbocycles. The Labute approximate surface area is 296 Å². The minimum absolute atomic E-state index is 0.320. The molecule has 0 bridgehead atoms. The van der Waals surface area contributed by atoms with E-state index in [1.165, 1.54) is 5.56 Å². The highest BCUT2D eigenvalue weighted by molar-refractivity contribution is 7.89. The first-order chi connectivity index (χ1) is 24.3. The molecule has 5 aromatic rings. The second-order valence-corrected chi connectivity index (χ2v) is 16.0. The van der Waals surface area contributed by atoms with Crippen LogP contribution in [0, 0.1) is 11.8 Å². The molecule has 0 atom stereocenters. The molecule has 1 aromatic heterocycles. The lowest BCUT2D eigenvalue weighted by molar-refractivity contribution is 0.211. The number of aromatic nitrogens is 2. The number of hydrogen-bond acceptors (Lipinski definition) is 8. The standard InChI is InChI=1S/C40H49N7O2S/c1-46(2)37-16-8-14-34-33(37)13-9-17-38(34)50(48,49)42-27-30-20-18-29(19-21-30)26-41-40-44-36-15-7-6-12-35(36)39(45-40)43-32-22-24-47(25-23-32)28-31-10-4-3-5-11-31/h3-17,29-30,32,42H,18-28H2,1-2H3,(H2,41,43,44,45). The summed E-state index contributed by atoms with van der Waals surface area (Å²) in [6.45, 7) is 4.38. The van der Waals surface area contributed by atoms with Gasteiger partial charge in [-0.2, -0.15) is 4.98 Å². The van der Waals surface area contributed by atoms with E-state index in [2.05, 4.69) is 62.7 Å². The zero-order chi connectivity index (χ0) is 34.5. The van der Waals surface area contributed by atoms with Gasteiger partial charge in [0.1, 0.15) is 5.82 Å². The molecular formula is C40H49N7O2S. The molecule has 9 nitrogen and oxygen atoms in total. The van der Waals surface area contributed by atoms with Crippen LogP contribution in [0.3, 0.4) is 0 Å². The van der Waals surface area contributed by atoms with Crippen LogP contribution in [0.15, 0.2) is 95.9 Å². The molecule has 262 valence electrons. The van der Waals surface area contributed by atoms with Crippen molar-refractivity contribution in [3.8, 4) is 0 Å². The van der Waals surface area contributed by atoms with Crippen LogP contribution in [0.5, 0.6) is 0 Å². The van der Waals surface area contributed by atoms with E-state index in [1.54, 1.807) is 6.07 Å². The van der Waals surface area contributed by atoms with Crippen LogP contribution in [-0.2, 0) is 16.6 Å². The van der Waals surface area contributed by atoms with E-state index in [1.807, 2.05) is 61.5 Å². The molecular weight excluding hydrogens is 643 g/mol. The predicted molar refractivity (Wildman–Crippen MR) is 205 cm³/mol. The SMILES string of the molecule is CN(C)c1cccc2c(S(=O)(=O)NCC3CCC(CNc4nc(NC5CCN(Cc6ccccc6)CC5)c5ccccc5n4)CC3)cccc12. The fourth-order valence-corrected chi connectivity index (χ4v) is 8.94. The van der Waals surface area contributed by atoms with Gasteiger partial charge in [0.25, 0.3) is 0 Å². The summed E-state index contributed by atoms with van der Waals surface area (Å²) in [4.78, 5) is 14.7. The van der Waals surface area contributed by atoms with E-state index < -0.39 is 10.0 Å². The van der Waals surface area contributed by atoms with Gasteiger partial charge in [0.2, 0.25) is 16.0 Å². The van der Waals surface area contributed by atoms with Gasteiger partial charge in [0.15, 0.2) is 0 Å². The third-order valence-corrected chi connectivity index (χ3v) is 12.0. The first-order valence-electron chi connectivity index (χ1n) is 18.0. The van der Waals surface area contributed by atoms with Crippen LogP contribution in [-0.4, -0.2) is 69.6 Å². The Balaban J connectivity index is 0.915. The number of anilines is 3. The average molecular weight is 692 g/mol. The zero-order valence-corrected chi connectivity index (χ0v) is 30.0. The minimum atomic E-state index is -3.64. The number of hydrogen-bond donors (Lipinski definition) is 3. The van der Waals surface area contributed by atoms with Gasteiger partial charge in [0.05, 0.1) is 10.4 Å².